The highest BCUT2D eigenvalue weighted by Gasteiger charge is 2.24. The number of fused-ring (bicyclic) bond motifs is 1. The number of hydrogen-bond acceptors (Lipinski definition) is 1. The van der Waals surface area contributed by atoms with Gasteiger partial charge < -0.3 is 4.98 Å². The van der Waals surface area contributed by atoms with Crippen LogP contribution in [0.4, 0.5) is 0 Å². The van der Waals surface area contributed by atoms with Crippen molar-refractivity contribution in [1.29, 1.82) is 0 Å². The molecule has 15 heavy (non-hydrogen) atoms. The molecule has 1 aliphatic heterocycles. The van der Waals surface area contributed by atoms with E-state index in [4.69, 9.17) is 0 Å². The van der Waals surface area contributed by atoms with Crippen LogP contribution >= 0.6 is 0 Å². The molecule has 0 saturated carbocycles. The molecule has 0 bridgehead atoms. The minimum Gasteiger partial charge on any atom is -0.361 e. The molecule has 0 spiro atoms. The zero-order chi connectivity index (χ0) is 10.3. The Bertz CT molecular complexity index is 472. The molecule has 1 atom stereocenters. The maximum absolute atomic E-state index is 3.36. The molecule has 1 saturated heterocycles. The number of benzene rings is 1. The Hall–Kier alpha value is -1.28. The third kappa shape index (κ3) is 1.37. The van der Waals surface area contributed by atoms with Crippen LogP contribution in [-0.2, 0) is 0 Å². The van der Waals surface area contributed by atoms with E-state index in [1.807, 2.05) is 0 Å². The Labute approximate surface area is 89.9 Å². The summed E-state index contributed by atoms with van der Waals surface area (Å²) in [6.45, 7) is 1.23. The quantitative estimate of drug-likeness (QED) is 0.750. The molecular formula is C13H16N2. The van der Waals surface area contributed by atoms with Crippen molar-refractivity contribution < 1.29 is 0 Å². The van der Waals surface area contributed by atoms with Crippen molar-refractivity contribution >= 4 is 10.9 Å². The zero-order valence-electron chi connectivity index (χ0n) is 9.03. The van der Waals surface area contributed by atoms with Crippen molar-refractivity contribution in [2.45, 2.75) is 18.9 Å². The minimum absolute atomic E-state index is 0.612. The predicted molar refractivity (Wildman–Crippen MR) is 62.9 cm³/mol. The average molecular weight is 200 g/mol. The van der Waals surface area contributed by atoms with Gasteiger partial charge in [-0.2, -0.15) is 0 Å². The molecule has 1 aromatic carbocycles. The lowest BCUT2D eigenvalue weighted by atomic mass is 10.0. The summed E-state index contributed by atoms with van der Waals surface area (Å²) in [6, 6.07) is 9.18. The lowest BCUT2D eigenvalue weighted by molar-refractivity contribution is 0.319. The Morgan fingerprint density at radius 3 is 3.00 bits per heavy atom. The van der Waals surface area contributed by atoms with E-state index >= 15 is 0 Å². The molecule has 1 aliphatic rings. The minimum atomic E-state index is 0.612. The topological polar surface area (TPSA) is 19.0 Å². The van der Waals surface area contributed by atoms with Gasteiger partial charge in [0.15, 0.2) is 0 Å². The van der Waals surface area contributed by atoms with E-state index in [2.05, 4.69) is 47.4 Å². The molecule has 0 unspecified atom stereocenters. The van der Waals surface area contributed by atoms with Gasteiger partial charge in [-0.05, 0) is 38.1 Å². The molecule has 2 aromatic rings. The van der Waals surface area contributed by atoms with Crippen LogP contribution in [0.25, 0.3) is 10.9 Å². The summed E-state index contributed by atoms with van der Waals surface area (Å²) in [4.78, 5) is 5.81. The van der Waals surface area contributed by atoms with E-state index in [0.717, 1.165) is 0 Å². The number of aromatic amines is 1. The van der Waals surface area contributed by atoms with Crippen molar-refractivity contribution in [3.05, 3.63) is 36.0 Å². The first kappa shape index (κ1) is 8.98. The van der Waals surface area contributed by atoms with Gasteiger partial charge in [0, 0.05) is 23.1 Å². The van der Waals surface area contributed by atoms with Crippen molar-refractivity contribution in [1.82, 2.24) is 9.88 Å². The van der Waals surface area contributed by atoms with E-state index < -0.39 is 0 Å². The van der Waals surface area contributed by atoms with E-state index in [1.165, 1.54) is 35.9 Å². The van der Waals surface area contributed by atoms with Gasteiger partial charge in [0.2, 0.25) is 0 Å². The molecule has 1 N–H and O–H groups in total. The van der Waals surface area contributed by atoms with Gasteiger partial charge in [-0.1, -0.05) is 18.2 Å². The van der Waals surface area contributed by atoms with Crippen LogP contribution in [0, 0.1) is 0 Å². The number of nitrogens with one attached hydrogen (secondary N) is 1. The lowest BCUT2D eigenvalue weighted by Gasteiger charge is -2.18. The molecule has 3 rings (SSSR count). The normalized spacial score (nSPS) is 22.6. The molecule has 2 heteroatoms. The second kappa shape index (κ2) is 3.38. The average Bonchev–Trinajstić information content (AvgIpc) is 2.83. The van der Waals surface area contributed by atoms with Crippen LogP contribution < -0.4 is 0 Å². The summed E-state index contributed by atoms with van der Waals surface area (Å²) < 4.78 is 0. The van der Waals surface area contributed by atoms with E-state index in [9.17, 15) is 0 Å². The van der Waals surface area contributed by atoms with E-state index in [1.54, 1.807) is 0 Å². The van der Waals surface area contributed by atoms with Crippen LogP contribution in [0.1, 0.15) is 24.4 Å². The number of nitrogens with zero attached hydrogens (tertiary/aromatic N) is 1. The third-order valence-corrected chi connectivity index (χ3v) is 3.50. The first-order chi connectivity index (χ1) is 7.36. The molecule has 0 aliphatic carbocycles. The first-order valence-corrected chi connectivity index (χ1v) is 5.62. The number of likely N-dealkylation sites (tertiary alicyclic amines) is 1. The fourth-order valence-corrected chi connectivity index (χ4v) is 2.67. The molecule has 0 radical (unpaired) electrons. The number of rotatable bonds is 1. The highest BCUT2D eigenvalue weighted by molar-refractivity contribution is 5.83. The SMILES string of the molecule is CN1CCC[C@H]1c1c[nH]c2ccccc12. The number of hydrogen-bond donors (Lipinski definition) is 1. The monoisotopic (exact) mass is 200 g/mol. The molecule has 0 amide bonds. The second-order valence-corrected chi connectivity index (χ2v) is 4.43. The molecular weight excluding hydrogens is 184 g/mol. The molecule has 2 nitrogen and oxygen atoms in total. The molecule has 78 valence electrons. The standard InChI is InChI=1S/C13H16N2/c1-15-8-4-7-13(15)11-9-14-12-6-3-2-5-10(11)12/h2-3,5-6,9,13-14H,4,7-8H2,1H3/t13-/m0/s1. The van der Waals surface area contributed by atoms with Gasteiger partial charge in [-0.25, -0.2) is 0 Å². The summed E-state index contributed by atoms with van der Waals surface area (Å²) >= 11 is 0. The van der Waals surface area contributed by atoms with Gasteiger partial charge >= 0.3 is 0 Å². The maximum Gasteiger partial charge on any atom is 0.0457 e. The van der Waals surface area contributed by atoms with Gasteiger partial charge in [-0.15, -0.1) is 0 Å². The van der Waals surface area contributed by atoms with Crippen LogP contribution in [0.3, 0.4) is 0 Å². The molecule has 1 fully saturated rings. The van der Waals surface area contributed by atoms with Gasteiger partial charge in [-0.3, -0.25) is 4.90 Å². The summed E-state index contributed by atoms with van der Waals surface area (Å²) in [6.07, 6.45) is 4.79. The highest BCUT2D eigenvalue weighted by atomic mass is 15.1. The summed E-state index contributed by atoms with van der Waals surface area (Å²) in [5, 5.41) is 1.39. The number of para-hydroxylation sites is 1. The van der Waals surface area contributed by atoms with E-state index in [-0.39, 0.29) is 0 Å². The smallest absolute Gasteiger partial charge is 0.0457 e. The Balaban J connectivity index is 2.10. The molecule has 2 heterocycles. The second-order valence-electron chi connectivity index (χ2n) is 4.43. The van der Waals surface area contributed by atoms with Crippen molar-refractivity contribution in [2.75, 3.05) is 13.6 Å². The van der Waals surface area contributed by atoms with Gasteiger partial charge in [0.1, 0.15) is 0 Å². The summed E-state index contributed by atoms with van der Waals surface area (Å²) in [5.41, 5.74) is 2.72. The molecule has 1 aromatic heterocycles. The van der Waals surface area contributed by atoms with Crippen molar-refractivity contribution in [3.63, 3.8) is 0 Å². The highest BCUT2D eigenvalue weighted by Crippen LogP contribution is 2.34. The Kier molecular flexibility index (Phi) is 2.03. The van der Waals surface area contributed by atoms with Crippen molar-refractivity contribution in [2.24, 2.45) is 0 Å². The third-order valence-electron chi connectivity index (χ3n) is 3.50. The first-order valence-electron chi connectivity index (χ1n) is 5.62. The van der Waals surface area contributed by atoms with E-state index in [0.29, 0.717) is 6.04 Å². The number of H-pyrrole nitrogens is 1. The fraction of sp³-hybridized carbons (Fsp3) is 0.385. The predicted octanol–water partition coefficient (Wildman–Crippen LogP) is 2.93. The van der Waals surface area contributed by atoms with Gasteiger partial charge in [0.25, 0.3) is 0 Å². The number of aromatic nitrogens is 1. The Morgan fingerprint density at radius 2 is 2.20 bits per heavy atom. The largest absolute Gasteiger partial charge is 0.361 e. The van der Waals surface area contributed by atoms with Crippen LogP contribution in [0.5, 0.6) is 0 Å². The summed E-state index contributed by atoms with van der Waals surface area (Å²) in [7, 11) is 2.22. The lowest BCUT2D eigenvalue weighted by Crippen LogP contribution is -2.17. The van der Waals surface area contributed by atoms with Crippen LogP contribution in [-0.4, -0.2) is 23.5 Å². The maximum atomic E-state index is 3.36. The fourth-order valence-electron chi connectivity index (χ4n) is 2.67. The van der Waals surface area contributed by atoms with Crippen LogP contribution in [0.2, 0.25) is 0 Å². The van der Waals surface area contributed by atoms with Gasteiger partial charge in [0.05, 0.1) is 0 Å². The van der Waals surface area contributed by atoms with Crippen molar-refractivity contribution in [3.8, 4) is 0 Å². The zero-order valence-corrected chi connectivity index (χ0v) is 9.03. The Morgan fingerprint density at radius 1 is 1.33 bits per heavy atom. The summed E-state index contributed by atoms with van der Waals surface area (Å²) in [5.74, 6) is 0. The van der Waals surface area contributed by atoms with Crippen LogP contribution in [0.15, 0.2) is 30.5 Å².